The molecule has 41 heavy (non-hydrogen) atoms. The van der Waals surface area contributed by atoms with Crippen molar-refractivity contribution in [3.63, 3.8) is 0 Å². The Kier molecular flexibility index (Phi) is 10.0. The minimum Gasteiger partial charge on any atom is -0.352 e. The van der Waals surface area contributed by atoms with Crippen LogP contribution in [0.15, 0.2) is 77.7 Å². The Labute approximate surface area is 246 Å². The van der Waals surface area contributed by atoms with Crippen LogP contribution in [0.2, 0.25) is 5.02 Å². The smallest absolute Gasteiger partial charge is 0.264 e. The van der Waals surface area contributed by atoms with Gasteiger partial charge in [0.25, 0.3) is 10.0 Å². The lowest BCUT2D eigenvalue weighted by Gasteiger charge is -2.34. The highest BCUT2D eigenvalue weighted by molar-refractivity contribution is 7.92. The molecule has 0 spiro atoms. The molecule has 3 aromatic rings. The summed E-state index contributed by atoms with van der Waals surface area (Å²) >= 11 is 6.16. The van der Waals surface area contributed by atoms with Gasteiger partial charge in [0, 0.05) is 17.6 Å². The summed E-state index contributed by atoms with van der Waals surface area (Å²) in [5.74, 6) is -1.26. The van der Waals surface area contributed by atoms with Gasteiger partial charge in [-0.05, 0) is 79.8 Å². The normalized spacial score (nSPS) is 14.4. The average Bonchev–Trinajstić information content (AvgIpc) is 3.46. The number of hydrogen-bond donors (Lipinski definition) is 1. The number of carbonyl (C=O) groups excluding carboxylic acids is 2. The molecule has 1 saturated carbocycles. The number of amides is 2. The topological polar surface area (TPSA) is 86.8 Å². The van der Waals surface area contributed by atoms with E-state index >= 15 is 0 Å². The van der Waals surface area contributed by atoms with E-state index in [1.54, 1.807) is 55.5 Å². The third-order valence-corrected chi connectivity index (χ3v) is 9.40. The first-order chi connectivity index (χ1) is 19.6. The van der Waals surface area contributed by atoms with Crippen LogP contribution in [0.25, 0.3) is 0 Å². The van der Waals surface area contributed by atoms with Gasteiger partial charge in [-0.15, -0.1) is 0 Å². The largest absolute Gasteiger partial charge is 0.352 e. The Morgan fingerprint density at radius 2 is 1.68 bits per heavy atom. The minimum atomic E-state index is -4.18. The van der Waals surface area contributed by atoms with Gasteiger partial charge >= 0.3 is 0 Å². The zero-order valence-electron chi connectivity index (χ0n) is 23.2. The molecular formula is C31H35ClFN3O4S. The van der Waals surface area contributed by atoms with Crippen molar-refractivity contribution in [2.45, 2.75) is 69.5 Å². The number of sulfonamides is 1. The van der Waals surface area contributed by atoms with Crippen LogP contribution in [0.4, 0.5) is 10.1 Å². The van der Waals surface area contributed by atoms with Gasteiger partial charge in [-0.3, -0.25) is 13.9 Å². The molecule has 0 aromatic heterocycles. The van der Waals surface area contributed by atoms with E-state index in [2.05, 4.69) is 5.32 Å². The number of aryl methyl sites for hydroxylation is 1. The number of benzene rings is 3. The third kappa shape index (κ3) is 7.45. The summed E-state index contributed by atoms with van der Waals surface area (Å²) in [5.41, 5.74) is 1.49. The molecule has 0 radical (unpaired) electrons. The van der Waals surface area contributed by atoms with Crippen molar-refractivity contribution in [2.75, 3.05) is 10.8 Å². The molecule has 10 heteroatoms. The SMILES string of the molecule is CCC(C(=O)NC1CCCC1)N(Cc1ccc(F)cc1)C(=O)CN(c1ccc(Cl)cc1C)S(=O)(=O)c1ccccc1. The maximum Gasteiger partial charge on any atom is 0.264 e. The molecule has 0 aliphatic heterocycles. The lowest BCUT2D eigenvalue weighted by molar-refractivity contribution is -0.140. The first kappa shape index (κ1) is 30.5. The Morgan fingerprint density at radius 3 is 2.29 bits per heavy atom. The molecule has 1 N–H and O–H groups in total. The highest BCUT2D eigenvalue weighted by Gasteiger charge is 2.35. The van der Waals surface area contributed by atoms with Crippen LogP contribution in [0.3, 0.4) is 0 Å². The molecule has 1 aliphatic rings. The highest BCUT2D eigenvalue weighted by atomic mass is 35.5. The zero-order valence-corrected chi connectivity index (χ0v) is 24.8. The molecule has 1 fully saturated rings. The molecule has 1 atom stereocenters. The summed E-state index contributed by atoms with van der Waals surface area (Å²) in [6.07, 6.45) is 4.15. The van der Waals surface area contributed by atoms with Crippen molar-refractivity contribution in [3.05, 3.63) is 94.8 Å². The lowest BCUT2D eigenvalue weighted by atomic mass is 10.1. The fourth-order valence-corrected chi connectivity index (χ4v) is 6.93. The number of rotatable bonds is 11. The summed E-state index contributed by atoms with van der Waals surface area (Å²) in [5, 5.41) is 3.51. The van der Waals surface area contributed by atoms with Gasteiger partial charge in [-0.1, -0.05) is 61.7 Å². The van der Waals surface area contributed by atoms with Crippen LogP contribution >= 0.6 is 11.6 Å². The minimum absolute atomic E-state index is 0.00846. The van der Waals surface area contributed by atoms with Crippen molar-refractivity contribution in [1.29, 1.82) is 0 Å². The molecule has 0 heterocycles. The van der Waals surface area contributed by atoms with Gasteiger partial charge in [0.2, 0.25) is 11.8 Å². The molecule has 2 amide bonds. The third-order valence-electron chi connectivity index (χ3n) is 7.39. The van der Waals surface area contributed by atoms with Crippen LogP contribution in [0, 0.1) is 12.7 Å². The van der Waals surface area contributed by atoms with E-state index in [0.717, 1.165) is 30.0 Å². The van der Waals surface area contributed by atoms with E-state index < -0.39 is 34.3 Å². The number of nitrogens with one attached hydrogen (secondary N) is 1. The van der Waals surface area contributed by atoms with Crippen molar-refractivity contribution in [3.8, 4) is 0 Å². The van der Waals surface area contributed by atoms with Gasteiger partial charge in [-0.2, -0.15) is 0 Å². The number of carbonyl (C=O) groups is 2. The van der Waals surface area contributed by atoms with Gasteiger partial charge < -0.3 is 10.2 Å². The van der Waals surface area contributed by atoms with E-state index in [1.807, 2.05) is 6.92 Å². The summed E-state index contributed by atoms with van der Waals surface area (Å²) < 4.78 is 42.6. The van der Waals surface area contributed by atoms with E-state index in [-0.39, 0.29) is 23.4 Å². The second-order valence-electron chi connectivity index (χ2n) is 10.3. The van der Waals surface area contributed by atoms with Crippen LogP contribution in [-0.2, 0) is 26.2 Å². The van der Waals surface area contributed by atoms with Gasteiger partial charge in [0.15, 0.2) is 0 Å². The van der Waals surface area contributed by atoms with Gasteiger partial charge in [-0.25, -0.2) is 12.8 Å². The molecule has 218 valence electrons. The quantitative estimate of drug-likeness (QED) is 0.300. The summed E-state index contributed by atoms with van der Waals surface area (Å²) in [4.78, 5) is 29.0. The molecule has 4 rings (SSSR count). The average molecular weight is 600 g/mol. The summed E-state index contributed by atoms with van der Waals surface area (Å²) in [6.45, 7) is 2.99. The van der Waals surface area contributed by atoms with Crippen LogP contribution in [-0.4, -0.2) is 43.8 Å². The highest BCUT2D eigenvalue weighted by Crippen LogP contribution is 2.29. The lowest BCUT2D eigenvalue weighted by Crippen LogP contribution is -2.53. The predicted molar refractivity (Wildman–Crippen MR) is 159 cm³/mol. The van der Waals surface area contributed by atoms with Gasteiger partial charge in [0.05, 0.1) is 10.6 Å². The predicted octanol–water partition coefficient (Wildman–Crippen LogP) is 5.85. The van der Waals surface area contributed by atoms with Crippen molar-refractivity contribution in [1.82, 2.24) is 10.2 Å². The number of hydrogen-bond acceptors (Lipinski definition) is 4. The van der Waals surface area contributed by atoms with Crippen LogP contribution in [0.1, 0.15) is 50.2 Å². The monoisotopic (exact) mass is 599 g/mol. The summed E-state index contributed by atoms with van der Waals surface area (Å²) in [6, 6.07) is 17.5. The Hall–Kier alpha value is -3.43. The van der Waals surface area contributed by atoms with E-state index in [0.29, 0.717) is 28.3 Å². The van der Waals surface area contributed by atoms with E-state index in [4.69, 9.17) is 11.6 Å². The molecule has 1 unspecified atom stereocenters. The van der Waals surface area contributed by atoms with E-state index in [9.17, 15) is 22.4 Å². The van der Waals surface area contributed by atoms with E-state index in [1.165, 1.54) is 29.2 Å². The standard InChI is InChI=1S/C31H35ClFN3O4S/c1-3-28(31(38)34-26-9-7-8-10-26)35(20-23-13-16-25(33)17-14-23)30(37)21-36(29-18-15-24(32)19-22(29)2)41(39,40)27-11-5-4-6-12-27/h4-6,11-19,26,28H,3,7-10,20-21H2,1-2H3,(H,34,38). The Morgan fingerprint density at radius 1 is 1.02 bits per heavy atom. The molecule has 3 aromatic carbocycles. The first-order valence-corrected chi connectivity index (χ1v) is 15.6. The molecular weight excluding hydrogens is 565 g/mol. The molecule has 0 bridgehead atoms. The fraction of sp³-hybridized carbons (Fsp3) is 0.355. The molecule has 1 aliphatic carbocycles. The van der Waals surface area contributed by atoms with Crippen molar-refractivity contribution in [2.24, 2.45) is 0 Å². The molecule has 0 saturated heterocycles. The Bertz CT molecular complexity index is 1460. The number of halogens is 2. The van der Waals surface area contributed by atoms with Gasteiger partial charge in [0.1, 0.15) is 18.4 Å². The second kappa shape index (κ2) is 13.5. The van der Waals surface area contributed by atoms with Crippen molar-refractivity contribution < 1.29 is 22.4 Å². The zero-order chi connectivity index (χ0) is 29.6. The number of nitrogens with zero attached hydrogens (tertiary/aromatic N) is 2. The van der Waals surface area contributed by atoms with Crippen LogP contribution in [0.5, 0.6) is 0 Å². The summed E-state index contributed by atoms with van der Waals surface area (Å²) in [7, 11) is -4.18. The Balaban J connectivity index is 1.72. The van der Waals surface area contributed by atoms with Crippen molar-refractivity contribution >= 4 is 39.1 Å². The maximum absolute atomic E-state index is 14.1. The van der Waals surface area contributed by atoms with Crippen LogP contribution < -0.4 is 9.62 Å². The number of anilines is 1. The fourth-order valence-electron chi connectivity index (χ4n) is 5.21. The second-order valence-corrected chi connectivity index (χ2v) is 12.6. The molecule has 7 nitrogen and oxygen atoms in total. The first-order valence-electron chi connectivity index (χ1n) is 13.8. The maximum atomic E-state index is 14.1.